The van der Waals surface area contributed by atoms with Gasteiger partial charge < -0.3 is 10.1 Å². The Bertz CT molecular complexity index is 97.7. The molecule has 1 aliphatic rings. The van der Waals surface area contributed by atoms with Crippen molar-refractivity contribution in [3.63, 3.8) is 0 Å². The minimum atomic E-state index is 0.608. The maximum Gasteiger partial charge on any atom is 0.0506 e. The van der Waals surface area contributed by atoms with Crippen LogP contribution in [0.25, 0.3) is 0 Å². The monoisotopic (exact) mass is 157 g/mol. The molecule has 0 aliphatic carbocycles. The zero-order chi connectivity index (χ0) is 8.10. The van der Waals surface area contributed by atoms with Crippen molar-refractivity contribution in [3.05, 3.63) is 0 Å². The summed E-state index contributed by atoms with van der Waals surface area (Å²) in [5.74, 6) is 0.756. The standard InChI is InChI=1S/C9H19NO/c1-8(2)10-6-9-4-3-5-11-7-9/h8-10H,3-7H2,1-2H3/t9-/m1/s1. The van der Waals surface area contributed by atoms with Crippen molar-refractivity contribution >= 4 is 0 Å². The Morgan fingerprint density at radius 1 is 1.55 bits per heavy atom. The molecule has 0 radical (unpaired) electrons. The van der Waals surface area contributed by atoms with Crippen LogP contribution in [0.15, 0.2) is 0 Å². The van der Waals surface area contributed by atoms with Gasteiger partial charge in [0.1, 0.15) is 0 Å². The lowest BCUT2D eigenvalue weighted by Gasteiger charge is -2.23. The number of hydrogen-bond acceptors (Lipinski definition) is 2. The van der Waals surface area contributed by atoms with E-state index in [1.807, 2.05) is 0 Å². The lowest BCUT2D eigenvalue weighted by molar-refractivity contribution is 0.0542. The van der Waals surface area contributed by atoms with Gasteiger partial charge in [0.05, 0.1) is 6.61 Å². The Labute approximate surface area is 69.3 Å². The van der Waals surface area contributed by atoms with E-state index in [4.69, 9.17) is 4.74 Å². The zero-order valence-corrected chi connectivity index (χ0v) is 7.60. The van der Waals surface area contributed by atoms with Gasteiger partial charge in [-0.15, -0.1) is 0 Å². The molecule has 1 rings (SSSR count). The highest BCUT2D eigenvalue weighted by Gasteiger charge is 2.13. The van der Waals surface area contributed by atoms with Gasteiger partial charge in [0.25, 0.3) is 0 Å². The average molecular weight is 157 g/mol. The van der Waals surface area contributed by atoms with Crippen LogP contribution in [0.3, 0.4) is 0 Å². The fourth-order valence-corrected chi connectivity index (χ4v) is 1.37. The Hall–Kier alpha value is -0.0800. The second kappa shape index (κ2) is 4.73. The summed E-state index contributed by atoms with van der Waals surface area (Å²) in [6, 6.07) is 0.608. The van der Waals surface area contributed by atoms with Gasteiger partial charge in [-0.2, -0.15) is 0 Å². The van der Waals surface area contributed by atoms with Gasteiger partial charge in [0, 0.05) is 19.2 Å². The van der Waals surface area contributed by atoms with Crippen molar-refractivity contribution in [1.82, 2.24) is 5.32 Å². The first-order chi connectivity index (χ1) is 5.29. The Morgan fingerprint density at radius 2 is 2.36 bits per heavy atom. The summed E-state index contributed by atoms with van der Waals surface area (Å²) in [4.78, 5) is 0. The molecule has 66 valence electrons. The lowest BCUT2D eigenvalue weighted by atomic mass is 10.0. The summed E-state index contributed by atoms with van der Waals surface area (Å²) in [7, 11) is 0. The van der Waals surface area contributed by atoms with E-state index in [9.17, 15) is 0 Å². The molecule has 2 nitrogen and oxygen atoms in total. The maximum atomic E-state index is 5.37. The van der Waals surface area contributed by atoms with Crippen LogP contribution in [-0.2, 0) is 4.74 Å². The SMILES string of the molecule is CC(C)NC[C@H]1CCCOC1. The molecule has 1 N–H and O–H groups in total. The van der Waals surface area contributed by atoms with Crippen molar-refractivity contribution in [2.45, 2.75) is 32.7 Å². The molecular weight excluding hydrogens is 138 g/mol. The molecular formula is C9H19NO. The fraction of sp³-hybridized carbons (Fsp3) is 1.00. The third-order valence-electron chi connectivity index (χ3n) is 2.07. The molecule has 0 aromatic carbocycles. The highest BCUT2D eigenvalue weighted by atomic mass is 16.5. The van der Waals surface area contributed by atoms with Crippen LogP contribution in [0, 0.1) is 5.92 Å². The van der Waals surface area contributed by atoms with Crippen molar-refractivity contribution in [2.75, 3.05) is 19.8 Å². The highest BCUT2D eigenvalue weighted by molar-refractivity contribution is 4.66. The molecule has 1 heterocycles. The molecule has 1 aliphatic heterocycles. The quantitative estimate of drug-likeness (QED) is 0.669. The summed E-state index contributed by atoms with van der Waals surface area (Å²) in [6.07, 6.45) is 2.57. The maximum absolute atomic E-state index is 5.37. The fourth-order valence-electron chi connectivity index (χ4n) is 1.37. The number of hydrogen-bond donors (Lipinski definition) is 1. The van der Waals surface area contributed by atoms with Crippen LogP contribution < -0.4 is 5.32 Å². The lowest BCUT2D eigenvalue weighted by Crippen LogP contribution is -2.33. The van der Waals surface area contributed by atoms with Crippen LogP contribution >= 0.6 is 0 Å². The highest BCUT2D eigenvalue weighted by Crippen LogP contribution is 2.12. The van der Waals surface area contributed by atoms with E-state index < -0.39 is 0 Å². The second-order valence-electron chi connectivity index (χ2n) is 3.65. The van der Waals surface area contributed by atoms with Gasteiger partial charge in [0.15, 0.2) is 0 Å². The van der Waals surface area contributed by atoms with Crippen molar-refractivity contribution in [2.24, 2.45) is 5.92 Å². The van der Waals surface area contributed by atoms with Crippen LogP contribution in [0.1, 0.15) is 26.7 Å². The van der Waals surface area contributed by atoms with Gasteiger partial charge in [-0.1, -0.05) is 13.8 Å². The predicted octanol–water partition coefficient (Wildman–Crippen LogP) is 1.41. The van der Waals surface area contributed by atoms with Gasteiger partial charge in [-0.05, 0) is 18.8 Å². The number of nitrogens with one attached hydrogen (secondary N) is 1. The topological polar surface area (TPSA) is 21.3 Å². The Morgan fingerprint density at radius 3 is 2.91 bits per heavy atom. The van der Waals surface area contributed by atoms with E-state index >= 15 is 0 Å². The molecule has 1 saturated heterocycles. The summed E-state index contributed by atoms with van der Waals surface area (Å²) >= 11 is 0. The van der Waals surface area contributed by atoms with E-state index in [0.29, 0.717) is 6.04 Å². The molecule has 1 atom stereocenters. The molecule has 11 heavy (non-hydrogen) atoms. The van der Waals surface area contributed by atoms with Crippen molar-refractivity contribution < 1.29 is 4.74 Å². The van der Waals surface area contributed by atoms with Gasteiger partial charge >= 0.3 is 0 Å². The van der Waals surface area contributed by atoms with E-state index in [-0.39, 0.29) is 0 Å². The molecule has 0 saturated carbocycles. The molecule has 0 aromatic heterocycles. The first kappa shape index (κ1) is 9.01. The van der Waals surface area contributed by atoms with E-state index in [2.05, 4.69) is 19.2 Å². The third-order valence-corrected chi connectivity index (χ3v) is 2.07. The Kier molecular flexibility index (Phi) is 3.87. The summed E-state index contributed by atoms with van der Waals surface area (Å²) in [5.41, 5.74) is 0. The largest absolute Gasteiger partial charge is 0.381 e. The average Bonchev–Trinajstić information content (AvgIpc) is 2.03. The molecule has 1 fully saturated rings. The summed E-state index contributed by atoms with van der Waals surface area (Å²) in [6.45, 7) is 7.42. The van der Waals surface area contributed by atoms with Crippen molar-refractivity contribution in [1.29, 1.82) is 0 Å². The minimum Gasteiger partial charge on any atom is -0.381 e. The molecule has 0 amide bonds. The number of ether oxygens (including phenoxy) is 1. The van der Waals surface area contributed by atoms with Crippen LogP contribution in [-0.4, -0.2) is 25.8 Å². The molecule has 0 spiro atoms. The summed E-state index contributed by atoms with van der Waals surface area (Å²) < 4.78 is 5.37. The molecule has 0 unspecified atom stereocenters. The first-order valence-corrected chi connectivity index (χ1v) is 4.60. The molecule has 2 heteroatoms. The molecule has 0 bridgehead atoms. The van der Waals surface area contributed by atoms with Crippen LogP contribution in [0.2, 0.25) is 0 Å². The van der Waals surface area contributed by atoms with E-state index in [0.717, 1.165) is 25.7 Å². The van der Waals surface area contributed by atoms with Gasteiger partial charge in [0.2, 0.25) is 0 Å². The minimum absolute atomic E-state index is 0.608. The first-order valence-electron chi connectivity index (χ1n) is 4.60. The Balaban J connectivity index is 2.05. The smallest absolute Gasteiger partial charge is 0.0506 e. The van der Waals surface area contributed by atoms with E-state index in [1.165, 1.54) is 12.8 Å². The summed E-state index contributed by atoms with van der Waals surface area (Å²) in [5, 5.41) is 3.44. The molecule has 0 aromatic rings. The second-order valence-corrected chi connectivity index (χ2v) is 3.65. The van der Waals surface area contributed by atoms with E-state index in [1.54, 1.807) is 0 Å². The van der Waals surface area contributed by atoms with Crippen molar-refractivity contribution in [3.8, 4) is 0 Å². The van der Waals surface area contributed by atoms with Crippen LogP contribution in [0.5, 0.6) is 0 Å². The third kappa shape index (κ3) is 3.73. The van der Waals surface area contributed by atoms with Crippen LogP contribution in [0.4, 0.5) is 0 Å². The predicted molar refractivity (Wildman–Crippen MR) is 46.7 cm³/mol. The van der Waals surface area contributed by atoms with Gasteiger partial charge in [-0.3, -0.25) is 0 Å². The number of rotatable bonds is 3. The van der Waals surface area contributed by atoms with Gasteiger partial charge in [-0.25, -0.2) is 0 Å². The zero-order valence-electron chi connectivity index (χ0n) is 7.60. The normalized spacial score (nSPS) is 25.9.